The van der Waals surface area contributed by atoms with Crippen LogP contribution < -0.4 is 5.73 Å². The van der Waals surface area contributed by atoms with E-state index in [-0.39, 0.29) is 13.2 Å². The lowest BCUT2D eigenvalue weighted by Crippen LogP contribution is -2.38. The first-order valence-corrected chi connectivity index (χ1v) is 4.99. The standard InChI is InChI=1S/C9H20N2O2/c10-8-1-2-9(7-8)11(3-5-12)4-6-13/h8-9,12-13H,1-7,10H2. The van der Waals surface area contributed by atoms with Crippen molar-refractivity contribution in [1.82, 2.24) is 4.90 Å². The van der Waals surface area contributed by atoms with Crippen LogP contribution in [0.25, 0.3) is 0 Å². The number of aliphatic hydroxyl groups is 2. The second-order valence-electron chi connectivity index (χ2n) is 3.71. The first-order valence-electron chi connectivity index (χ1n) is 4.99. The zero-order valence-electron chi connectivity index (χ0n) is 8.02. The van der Waals surface area contributed by atoms with Crippen molar-refractivity contribution < 1.29 is 10.2 Å². The van der Waals surface area contributed by atoms with Gasteiger partial charge in [-0.2, -0.15) is 0 Å². The third-order valence-electron chi connectivity index (χ3n) is 2.74. The Morgan fingerprint density at radius 3 is 2.15 bits per heavy atom. The maximum atomic E-state index is 8.83. The van der Waals surface area contributed by atoms with Crippen molar-refractivity contribution in [2.24, 2.45) is 5.73 Å². The third-order valence-corrected chi connectivity index (χ3v) is 2.74. The normalized spacial score (nSPS) is 28.6. The van der Waals surface area contributed by atoms with Crippen molar-refractivity contribution >= 4 is 0 Å². The van der Waals surface area contributed by atoms with Crippen molar-refractivity contribution in [1.29, 1.82) is 0 Å². The molecule has 4 N–H and O–H groups in total. The molecular formula is C9H20N2O2. The van der Waals surface area contributed by atoms with Crippen molar-refractivity contribution in [3.05, 3.63) is 0 Å². The number of hydrogen-bond acceptors (Lipinski definition) is 4. The molecule has 78 valence electrons. The number of rotatable bonds is 5. The quantitative estimate of drug-likeness (QED) is 0.526. The number of nitrogens with zero attached hydrogens (tertiary/aromatic N) is 1. The van der Waals surface area contributed by atoms with E-state index in [1.807, 2.05) is 0 Å². The Balaban J connectivity index is 2.35. The molecule has 1 saturated carbocycles. The van der Waals surface area contributed by atoms with Crippen LogP contribution in [0.5, 0.6) is 0 Å². The van der Waals surface area contributed by atoms with Gasteiger partial charge >= 0.3 is 0 Å². The molecule has 2 unspecified atom stereocenters. The molecule has 0 aromatic rings. The van der Waals surface area contributed by atoms with E-state index in [0.717, 1.165) is 19.3 Å². The fourth-order valence-electron chi connectivity index (χ4n) is 2.06. The lowest BCUT2D eigenvalue weighted by atomic mass is 10.2. The summed E-state index contributed by atoms with van der Waals surface area (Å²) in [7, 11) is 0. The summed E-state index contributed by atoms with van der Waals surface area (Å²) in [4.78, 5) is 2.13. The van der Waals surface area contributed by atoms with Crippen LogP contribution in [0.15, 0.2) is 0 Å². The predicted octanol–water partition coefficient (Wildman–Crippen LogP) is -0.847. The van der Waals surface area contributed by atoms with E-state index in [4.69, 9.17) is 15.9 Å². The minimum Gasteiger partial charge on any atom is -0.395 e. The molecular weight excluding hydrogens is 168 g/mol. The smallest absolute Gasteiger partial charge is 0.0558 e. The Bertz CT molecular complexity index is 138. The Hall–Kier alpha value is -0.160. The molecule has 0 aliphatic heterocycles. The molecule has 1 fully saturated rings. The topological polar surface area (TPSA) is 69.7 Å². The molecule has 0 radical (unpaired) electrons. The highest BCUT2D eigenvalue weighted by atomic mass is 16.3. The molecule has 1 aliphatic carbocycles. The fourth-order valence-corrected chi connectivity index (χ4v) is 2.06. The minimum absolute atomic E-state index is 0.158. The van der Waals surface area contributed by atoms with E-state index in [1.54, 1.807) is 0 Å². The molecule has 0 saturated heterocycles. The monoisotopic (exact) mass is 188 g/mol. The van der Waals surface area contributed by atoms with Crippen molar-refractivity contribution in [2.45, 2.75) is 31.3 Å². The van der Waals surface area contributed by atoms with Gasteiger partial charge in [0.05, 0.1) is 13.2 Å². The van der Waals surface area contributed by atoms with Gasteiger partial charge in [-0.3, -0.25) is 4.90 Å². The van der Waals surface area contributed by atoms with E-state index < -0.39 is 0 Å². The van der Waals surface area contributed by atoms with Crippen LogP contribution in [-0.4, -0.2) is 53.5 Å². The largest absolute Gasteiger partial charge is 0.395 e. The predicted molar refractivity (Wildman–Crippen MR) is 51.4 cm³/mol. The Morgan fingerprint density at radius 2 is 1.77 bits per heavy atom. The molecule has 13 heavy (non-hydrogen) atoms. The highest BCUT2D eigenvalue weighted by Crippen LogP contribution is 2.22. The molecule has 0 amide bonds. The van der Waals surface area contributed by atoms with Gasteiger partial charge in [-0.15, -0.1) is 0 Å². The number of nitrogens with two attached hydrogens (primary N) is 1. The fraction of sp³-hybridized carbons (Fsp3) is 1.00. The Labute approximate surface area is 79.3 Å². The third kappa shape index (κ3) is 3.23. The van der Waals surface area contributed by atoms with Crippen LogP contribution in [0.2, 0.25) is 0 Å². The summed E-state index contributed by atoms with van der Waals surface area (Å²) in [5.41, 5.74) is 5.80. The molecule has 4 heteroatoms. The summed E-state index contributed by atoms with van der Waals surface area (Å²) in [5, 5.41) is 17.7. The van der Waals surface area contributed by atoms with Crippen LogP contribution in [0.1, 0.15) is 19.3 Å². The van der Waals surface area contributed by atoms with Gasteiger partial charge in [0.15, 0.2) is 0 Å². The lowest BCUT2D eigenvalue weighted by Gasteiger charge is -2.27. The van der Waals surface area contributed by atoms with Gasteiger partial charge in [0.2, 0.25) is 0 Å². The number of aliphatic hydroxyl groups excluding tert-OH is 2. The second kappa shape index (κ2) is 5.54. The summed E-state index contributed by atoms with van der Waals surface area (Å²) in [5.74, 6) is 0. The Kier molecular flexibility index (Phi) is 4.66. The van der Waals surface area contributed by atoms with E-state index in [2.05, 4.69) is 4.90 Å². The maximum Gasteiger partial charge on any atom is 0.0558 e. The molecule has 2 atom stereocenters. The van der Waals surface area contributed by atoms with Gasteiger partial charge in [-0.1, -0.05) is 0 Å². The van der Waals surface area contributed by atoms with E-state index >= 15 is 0 Å². The molecule has 0 bridgehead atoms. The van der Waals surface area contributed by atoms with E-state index in [1.165, 1.54) is 0 Å². The summed E-state index contributed by atoms with van der Waals surface area (Å²) < 4.78 is 0. The van der Waals surface area contributed by atoms with Crippen LogP contribution >= 0.6 is 0 Å². The van der Waals surface area contributed by atoms with Crippen molar-refractivity contribution in [3.8, 4) is 0 Å². The Morgan fingerprint density at radius 1 is 1.15 bits per heavy atom. The van der Waals surface area contributed by atoms with Crippen molar-refractivity contribution in [2.75, 3.05) is 26.3 Å². The molecule has 0 aromatic carbocycles. The van der Waals surface area contributed by atoms with Crippen LogP contribution in [0.3, 0.4) is 0 Å². The molecule has 4 nitrogen and oxygen atoms in total. The number of hydrogen-bond donors (Lipinski definition) is 3. The zero-order chi connectivity index (χ0) is 9.68. The van der Waals surface area contributed by atoms with Gasteiger partial charge in [0.25, 0.3) is 0 Å². The molecule has 0 heterocycles. The molecule has 1 rings (SSSR count). The highest BCUT2D eigenvalue weighted by molar-refractivity contribution is 4.84. The van der Waals surface area contributed by atoms with Gasteiger partial charge in [0, 0.05) is 25.2 Å². The van der Waals surface area contributed by atoms with Gasteiger partial charge in [0.1, 0.15) is 0 Å². The van der Waals surface area contributed by atoms with E-state index in [9.17, 15) is 0 Å². The maximum absolute atomic E-state index is 8.83. The molecule has 1 aliphatic rings. The van der Waals surface area contributed by atoms with Gasteiger partial charge in [-0.05, 0) is 19.3 Å². The zero-order valence-corrected chi connectivity index (χ0v) is 8.02. The average Bonchev–Trinajstić information content (AvgIpc) is 2.51. The minimum atomic E-state index is 0.158. The summed E-state index contributed by atoms with van der Waals surface area (Å²) >= 11 is 0. The first-order chi connectivity index (χ1) is 6.27. The summed E-state index contributed by atoms with van der Waals surface area (Å²) in [6, 6.07) is 0.777. The van der Waals surface area contributed by atoms with Crippen LogP contribution in [-0.2, 0) is 0 Å². The van der Waals surface area contributed by atoms with Gasteiger partial charge in [-0.25, -0.2) is 0 Å². The van der Waals surface area contributed by atoms with E-state index in [0.29, 0.717) is 25.2 Å². The summed E-state index contributed by atoms with van der Waals surface area (Å²) in [6.45, 7) is 1.62. The molecule has 0 spiro atoms. The highest BCUT2D eigenvalue weighted by Gasteiger charge is 2.26. The average molecular weight is 188 g/mol. The summed E-state index contributed by atoms with van der Waals surface area (Å²) in [6.07, 6.45) is 3.17. The lowest BCUT2D eigenvalue weighted by molar-refractivity contribution is 0.123. The first kappa shape index (κ1) is 10.9. The SMILES string of the molecule is NC1CCC(N(CCO)CCO)C1. The van der Waals surface area contributed by atoms with Crippen molar-refractivity contribution in [3.63, 3.8) is 0 Å². The van der Waals surface area contributed by atoms with Crippen LogP contribution in [0.4, 0.5) is 0 Å². The van der Waals surface area contributed by atoms with Gasteiger partial charge < -0.3 is 15.9 Å². The van der Waals surface area contributed by atoms with Crippen LogP contribution in [0, 0.1) is 0 Å². The second-order valence-corrected chi connectivity index (χ2v) is 3.71. The molecule has 0 aromatic heterocycles.